The molecular formula is C15H21NO2S. The Kier molecular flexibility index (Phi) is 4.88. The molecule has 0 fully saturated rings. The lowest BCUT2D eigenvalue weighted by molar-refractivity contribution is -0.141. The maximum absolute atomic E-state index is 10.9. The van der Waals surface area contributed by atoms with Crippen LogP contribution in [0.15, 0.2) is 29.2 Å². The lowest BCUT2D eigenvalue weighted by Crippen LogP contribution is -2.36. The maximum Gasteiger partial charge on any atom is 0.307 e. The quantitative estimate of drug-likeness (QED) is 0.869. The van der Waals surface area contributed by atoms with Crippen molar-refractivity contribution < 1.29 is 9.90 Å². The summed E-state index contributed by atoms with van der Waals surface area (Å²) in [6.07, 6.45) is 1.10. The van der Waals surface area contributed by atoms with Gasteiger partial charge in [0.1, 0.15) is 0 Å². The number of carboxylic acids is 1. The molecule has 2 atom stereocenters. The van der Waals surface area contributed by atoms with Crippen molar-refractivity contribution in [1.29, 1.82) is 0 Å². The van der Waals surface area contributed by atoms with Gasteiger partial charge in [0, 0.05) is 23.2 Å². The van der Waals surface area contributed by atoms with E-state index in [1.165, 1.54) is 10.5 Å². The second-order valence-electron chi connectivity index (χ2n) is 5.14. The monoisotopic (exact) mass is 279 g/mol. The molecule has 19 heavy (non-hydrogen) atoms. The molecule has 1 aliphatic heterocycles. The summed E-state index contributed by atoms with van der Waals surface area (Å²) < 4.78 is 0. The zero-order chi connectivity index (χ0) is 13.8. The molecule has 0 aliphatic carbocycles. The first kappa shape index (κ1) is 14.4. The number of aliphatic carboxylic acids is 1. The van der Waals surface area contributed by atoms with Crippen molar-refractivity contribution >= 4 is 17.7 Å². The van der Waals surface area contributed by atoms with Crippen molar-refractivity contribution in [3.63, 3.8) is 0 Å². The predicted octanol–water partition coefficient (Wildman–Crippen LogP) is 2.75. The average Bonchev–Trinajstić information content (AvgIpc) is 2.79. The largest absolute Gasteiger partial charge is 0.481 e. The Morgan fingerprint density at radius 2 is 2.26 bits per heavy atom. The molecular weight excluding hydrogens is 258 g/mol. The number of carboxylic acid groups (broad SMARTS) is 1. The van der Waals surface area contributed by atoms with E-state index in [1.807, 2.05) is 11.8 Å². The van der Waals surface area contributed by atoms with Gasteiger partial charge in [-0.15, -0.1) is 11.8 Å². The lowest BCUT2D eigenvalue weighted by Gasteiger charge is -2.25. The number of fused-ring (bicyclic) bond motifs is 1. The molecule has 0 saturated heterocycles. The van der Waals surface area contributed by atoms with Gasteiger partial charge < -0.3 is 10.0 Å². The van der Waals surface area contributed by atoms with Gasteiger partial charge in [-0.2, -0.15) is 0 Å². The van der Waals surface area contributed by atoms with E-state index in [0.717, 1.165) is 19.5 Å². The van der Waals surface area contributed by atoms with E-state index in [-0.39, 0.29) is 5.92 Å². The first-order valence-electron chi connectivity index (χ1n) is 6.80. The smallest absolute Gasteiger partial charge is 0.307 e. The summed E-state index contributed by atoms with van der Waals surface area (Å²) in [4.78, 5) is 14.6. The van der Waals surface area contributed by atoms with Crippen LogP contribution in [0.5, 0.6) is 0 Å². The molecule has 1 aromatic rings. The van der Waals surface area contributed by atoms with Crippen LogP contribution in [0.2, 0.25) is 0 Å². The summed E-state index contributed by atoms with van der Waals surface area (Å²) in [7, 11) is 0. The Labute approximate surface area is 119 Å². The molecule has 0 radical (unpaired) electrons. The summed E-state index contributed by atoms with van der Waals surface area (Å²) in [6, 6.07) is 8.54. The summed E-state index contributed by atoms with van der Waals surface area (Å²) in [5.41, 5.74) is 1.43. The fraction of sp³-hybridized carbons (Fsp3) is 0.533. The number of carbonyl (C=O) groups is 1. The molecule has 2 rings (SSSR count). The number of hydrogen-bond acceptors (Lipinski definition) is 3. The third-order valence-corrected chi connectivity index (χ3v) is 4.88. The van der Waals surface area contributed by atoms with Gasteiger partial charge in [0.05, 0.1) is 5.92 Å². The third-order valence-electron chi connectivity index (χ3n) is 3.58. The Morgan fingerprint density at radius 3 is 2.89 bits per heavy atom. The van der Waals surface area contributed by atoms with Gasteiger partial charge in [0.25, 0.3) is 0 Å². The van der Waals surface area contributed by atoms with E-state index in [1.54, 1.807) is 6.92 Å². The van der Waals surface area contributed by atoms with Crippen LogP contribution in [0.1, 0.15) is 19.4 Å². The normalized spacial score (nSPS) is 19.4. The van der Waals surface area contributed by atoms with Crippen LogP contribution >= 0.6 is 11.8 Å². The zero-order valence-corrected chi connectivity index (χ0v) is 12.3. The van der Waals surface area contributed by atoms with Crippen molar-refractivity contribution in [2.75, 3.05) is 19.6 Å². The predicted molar refractivity (Wildman–Crippen MR) is 78.7 cm³/mol. The van der Waals surface area contributed by atoms with Crippen LogP contribution in [-0.4, -0.2) is 40.9 Å². The fourth-order valence-corrected chi connectivity index (χ4v) is 3.81. The van der Waals surface area contributed by atoms with Crippen LogP contribution in [0.25, 0.3) is 0 Å². The third kappa shape index (κ3) is 3.74. The van der Waals surface area contributed by atoms with Crippen molar-refractivity contribution in [2.24, 2.45) is 5.92 Å². The Hall–Kier alpha value is -1.00. The van der Waals surface area contributed by atoms with Crippen molar-refractivity contribution in [3.8, 4) is 0 Å². The molecule has 104 valence electrons. The van der Waals surface area contributed by atoms with Gasteiger partial charge in [-0.1, -0.05) is 32.0 Å². The second kappa shape index (κ2) is 6.44. The average molecular weight is 279 g/mol. The van der Waals surface area contributed by atoms with Crippen molar-refractivity contribution in [1.82, 2.24) is 4.90 Å². The highest BCUT2D eigenvalue weighted by Crippen LogP contribution is 2.37. The van der Waals surface area contributed by atoms with Gasteiger partial charge in [-0.05, 0) is 24.6 Å². The molecule has 0 bridgehead atoms. The molecule has 2 unspecified atom stereocenters. The maximum atomic E-state index is 10.9. The van der Waals surface area contributed by atoms with E-state index in [0.29, 0.717) is 11.8 Å². The van der Waals surface area contributed by atoms with E-state index < -0.39 is 5.97 Å². The Bertz CT molecular complexity index is 425. The molecule has 1 heterocycles. The van der Waals surface area contributed by atoms with Crippen molar-refractivity contribution in [2.45, 2.75) is 30.4 Å². The molecule has 0 aromatic heterocycles. The Morgan fingerprint density at radius 1 is 1.53 bits per heavy atom. The van der Waals surface area contributed by atoms with Crippen LogP contribution in [0, 0.1) is 5.92 Å². The molecule has 0 saturated carbocycles. The van der Waals surface area contributed by atoms with Crippen LogP contribution in [-0.2, 0) is 11.2 Å². The molecule has 1 N–H and O–H groups in total. The molecule has 3 nitrogen and oxygen atoms in total. The van der Waals surface area contributed by atoms with Crippen molar-refractivity contribution in [3.05, 3.63) is 29.8 Å². The summed E-state index contributed by atoms with van der Waals surface area (Å²) >= 11 is 1.93. The fourth-order valence-electron chi connectivity index (χ4n) is 2.44. The van der Waals surface area contributed by atoms with E-state index in [9.17, 15) is 4.79 Å². The van der Waals surface area contributed by atoms with Crippen LogP contribution in [0.4, 0.5) is 0 Å². The van der Waals surface area contributed by atoms with Gasteiger partial charge in [0.15, 0.2) is 0 Å². The van der Waals surface area contributed by atoms with Gasteiger partial charge >= 0.3 is 5.97 Å². The van der Waals surface area contributed by atoms with Gasteiger partial charge in [-0.25, -0.2) is 0 Å². The second-order valence-corrected chi connectivity index (χ2v) is 6.49. The highest BCUT2D eigenvalue weighted by Gasteiger charge is 2.24. The highest BCUT2D eigenvalue weighted by molar-refractivity contribution is 8.00. The Balaban J connectivity index is 1.89. The SMILES string of the molecule is CCN(CC1Cc2ccccc2S1)CC(C)C(=O)O. The highest BCUT2D eigenvalue weighted by atomic mass is 32.2. The van der Waals surface area contributed by atoms with E-state index in [2.05, 4.69) is 36.1 Å². The van der Waals surface area contributed by atoms with Gasteiger partial charge in [-0.3, -0.25) is 4.79 Å². The number of rotatable bonds is 6. The molecule has 0 spiro atoms. The molecule has 1 aromatic carbocycles. The topological polar surface area (TPSA) is 40.5 Å². The summed E-state index contributed by atoms with van der Waals surface area (Å²) in [5, 5.41) is 9.55. The zero-order valence-electron chi connectivity index (χ0n) is 11.5. The summed E-state index contributed by atoms with van der Waals surface area (Å²) in [6.45, 7) is 6.39. The number of benzene rings is 1. The van der Waals surface area contributed by atoms with E-state index >= 15 is 0 Å². The minimum absolute atomic E-state index is 0.297. The first-order valence-corrected chi connectivity index (χ1v) is 7.67. The van der Waals surface area contributed by atoms with E-state index in [4.69, 9.17) is 5.11 Å². The van der Waals surface area contributed by atoms with Crippen LogP contribution in [0.3, 0.4) is 0 Å². The minimum atomic E-state index is -0.708. The van der Waals surface area contributed by atoms with Gasteiger partial charge in [0.2, 0.25) is 0 Å². The van der Waals surface area contributed by atoms with Crippen LogP contribution < -0.4 is 0 Å². The summed E-state index contributed by atoms with van der Waals surface area (Å²) in [5.74, 6) is -1.01. The molecule has 0 amide bonds. The molecule has 4 heteroatoms. The molecule has 1 aliphatic rings. The number of nitrogens with zero attached hydrogens (tertiary/aromatic N) is 1. The first-order chi connectivity index (χ1) is 9.10. The minimum Gasteiger partial charge on any atom is -0.481 e. The number of thioether (sulfide) groups is 1. The number of hydrogen-bond donors (Lipinski definition) is 1. The lowest BCUT2D eigenvalue weighted by atomic mass is 10.1. The standard InChI is InChI=1S/C15H21NO2S/c1-3-16(9-11(2)15(17)18)10-13-8-12-6-4-5-7-14(12)19-13/h4-7,11,13H,3,8-10H2,1-2H3,(H,17,18).